The van der Waals surface area contributed by atoms with Crippen molar-refractivity contribution in [3.8, 4) is 0 Å². The molecular weight excluding hydrogens is 200 g/mol. The molecule has 16 heavy (non-hydrogen) atoms. The number of hydrogen-bond acceptors (Lipinski definition) is 2. The lowest BCUT2D eigenvalue weighted by Gasteiger charge is -2.08. The predicted molar refractivity (Wildman–Crippen MR) is 68.1 cm³/mol. The number of amidine groups is 1. The van der Waals surface area contributed by atoms with Crippen molar-refractivity contribution in [1.29, 1.82) is 0 Å². The summed E-state index contributed by atoms with van der Waals surface area (Å²) in [6, 6.07) is 8.03. The van der Waals surface area contributed by atoms with E-state index in [1.54, 1.807) is 7.11 Å². The van der Waals surface area contributed by atoms with Gasteiger partial charge in [-0.2, -0.15) is 0 Å². The minimum absolute atomic E-state index is 0.274. The summed E-state index contributed by atoms with van der Waals surface area (Å²) < 4.78 is 5.07. The number of methoxy groups -OCH3 is 1. The van der Waals surface area contributed by atoms with Crippen molar-refractivity contribution in [2.45, 2.75) is 20.3 Å². The van der Waals surface area contributed by atoms with E-state index in [1.165, 1.54) is 5.56 Å². The van der Waals surface area contributed by atoms with Crippen molar-refractivity contribution in [2.75, 3.05) is 13.7 Å². The average Bonchev–Trinajstić information content (AvgIpc) is 2.27. The smallest absolute Gasteiger partial charge is 0.102 e. The van der Waals surface area contributed by atoms with Crippen LogP contribution in [0.25, 0.3) is 0 Å². The fourth-order valence-electron chi connectivity index (χ4n) is 1.31. The van der Waals surface area contributed by atoms with Crippen LogP contribution in [0.4, 0.5) is 5.69 Å². The highest BCUT2D eigenvalue weighted by molar-refractivity contribution is 5.85. The number of benzene rings is 1. The Morgan fingerprint density at radius 1 is 1.38 bits per heavy atom. The molecule has 0 heterocycles. The first-order chi connectivity index (χ1) is 7.65. The molecule has 88 valence electrons. The average molecular weight is 220 g/mol. The second-order valence-electron chi connectivity index (χ2n) is 4.06. The molecule has 1 aromatic rings. The summed E-state index contributed by atoms with van der Waals surface area (Å²) in [6.07, 6.45) is 0.863. The van der Waals surface area contributed by atoms with Gasteiger partial charge in [0.2, 0.25) is 0 Å². The molecule has 0 spiro atoms. The predicted octanol–water partition coefficient (Wildman–Crippen LogP) is 2.52. The van der Waals surface area contributed by atoms with Gasteiger partial charge in [0.1, 0.15) is 5.84 Å². The maximum absolute atomic E-state index is 5.86. The normalized spacial score (nSPS) is 12.1. The van der Waals surface area contributed by atoms with Crippen LogP contribution in [0.2, 0.25) is 0 Å². The number of aliphatic imine (C=N–C) groups is 1. The Kier molecular flexibility index (Phi) is 4.99. The van der Waals surface area contributed by atoms with Crippen LogP contribution in [0.5, 0.6) is 0 Å². The highest BCUT2D eigenvalue weighted by Gasteiger charge is 2.03. The van der Waals surface area contributed by atoms with Gasteiger partial charge in [-0.3, -0.25) is 0 Å². The van der Waals surface area contributed by atoms with Gasteiger partial charge in [-0.1, -0.05) is 32.0 Å². The van der Waals surface area contributed by atoms with Gasteiger partial charge >= 0.3 is 0 Å². The van der Waals surface area contributed by atoms with Crippen molar-refractivity contribution in [3.05, 3.63) is 29.8 Å². The van der Waals surface area contributed by atoms with Crippen LogP contribution in [0.15, 0.2) is 29.3 Å². The quantitative estimate of drug-likeness (QED) is 0.612. The van der Waals surface area contributed by atoms with Crippen molar-refractivity contribution in [3.63, 3.8) is 0 Å². The van der Waals surface area contributed by atoms with Crippen molar-refractivity contribution in [1.82, 2.24) is 0 Å². The monoisotopic (exact) mass is 220 g/mol. The lowest BCUT2D eigenvalue weighted by atomic mass is 10.1. The Morgan fingerprint density at radius 3 is 2.69 bits per heavy atom. The van der Waals surface area contributed by atoms with E-state index in [2.05, 4.69) is 11.1 Å². The zero-order chi connectivity index (χ0) is 12.0. The highest BCUT2D eigenvalue weighted by Crippen LogP contribution is 2.19. The lowest BCUT2D eigenvalue weighted by Crippen LogP contribution is -2.18. The van der Waals surface area contributed by atoms with Gasteiger partial charge in [-0.05, 0) is 18.1 Å². The number of hydrogen-bond donors (Lipinski definition) is 1. The van der Waals surface area contributed by atoms with Gasteiger partial charge in [0.15, 0.2) is 0 Å². The SMILES string of the molecule is COCCc1ccccc1N=C(N)C(C)C. The molecule has 0 unspecified atom stereocenters. The molecule has 1 aromatic carbocycles. The molecule has 0 saturated carbocycles. The van der Waals surface area contributed by atoms with Crippen LogP contribution in [0.3, 0.4) is 0 Å². The summed E-state index contributed by atoms with van der Waals surface area (Å²) >= 11 is 0. The standard InChI is InChI=1S/C13H20N2O/c1-10(2)13(14)15-12-7-5-4-6-11(12)8-9-16-3/h4-7,10H,8-9H2,1-3H3,(H2,14,15). The molecule has 0 aliphatic rings. The topological polar surface area (TPSA) is 47.6 Å². The van der Waals surface area contributed by atoms with E-state index in [-0.39, 0.29) is 5.92 Å². The summed E-state index contributed by atoms with van der Waals surface area (Å²) in [5, 5.41) is 0. The molecule has 0 saturated heterocycles. The zero-order valence-corrected chi connectivity index (χ0v) is 10.2. The molecule has 0 atom stereocenters. The molecule has 1 rings (SSSR count). The van der Waals surface area contributed by atoms with E-state index >= 15 is 0 Å². The molecule has 0 aliphatic carbocycles. The molecule has 0 amide bonds. The Balaban J connectivity index is 2.90. The van der Waals surface area contributed by atoms with E-state index in [1.807, 2.05) is 32.0 Å². The second-order valence-corrected chi connectivity index (χ2v) is 4.06. The van der Waals surface area contributed by atoms with Gasteiger partial charge in [-0.15, -0.1) is 0 Å². The van der Waals surface area contributed by atoms with Gasteiger partial charge < -0.3 is 10.5 Å². The minimum Gasteiger partial charge on any atom is -0.387 e. The van der Waals surface area contributed by atoms with Gasteiger partial charge in [-0.25, -0.2) is 4.99 Å². The summed E-state index contributed by atoms with van der Waals surface area (Å²) in [5.41, 5.74) is 7.99. The summed E-state index contributed by atoms with van der Waals surface area (Å²) in [4.78, 5) is 4.45. The first kappa shape index (κ1) is 12.7. The third-order valence-corrected chi connectivity index (χ3v) is 2.41. The van der Waals surface area contributed by atoms with Gasteiger partial charge in [0.05, 0.1) is 12.3 Å². The molecular formula is C13H20N2O. The minimum atomic E-state index is 0.274. The van der Waals surface area contributed by atoms with E-state index in [9.17, 15) is 0 Å². The molecule has 0 fully saturated rings. The number of para-hydroxylation sites is 1. The van der Waals surface area contributed by atoms with Gasteiger partial charge in [0.25, 0.3) is 0 Å². The lowest BCUT2D eigenvalue weighted by molar-refractivity contribution is 0.202. The summed E-state index contributed by atoms with van der Waals surface area (Å²) in [7, 11) is 1.70. The number of nitrogens with zero attached hydrogens (tertiary/aromatic N) is 1. The van der Waals surface area contributed by atoms with Gasteiger partial charge in [0, 0.05) is 13.0 Å². The van der Waals surface area contributed by atoms with E-state index in [4.69, 9.17) is 10.5 Å². The van der Waals surface area contributed by atoms with E-state index in [0.29, 0.717) is 12.4 Å². The van der Waals surface area contributed by atoms with E-state index < -0.39 is 0 Å². The Labute approximate surface area is 97.3 Å². The van der Waals surface area contributed by atoms with Crippen molar-refractivity contribution >= 4 is 11.5 Å². The Morgan fingerprint density at radius 2 is 2.06 bits per heavy atom. The largest absolute Gasteiger partial charge is 0.387 e. The number of rotatable bonds is 5. The molecule has 3 nitrogen and oxygen atoms in total. The molecule has 0 radical (unpaired) electrons. The molecule has 3 heteroatoms. The Bertz CT molecular complexity index is 359. The maximum Gasteiger partial charge on any atom is 0.102 e. The molecule has 0 aliphatic heterocycles. The number of ether oxygens (including phenoxy) is 1. The molecule has 0 bridgehead atoms. The van der Waals surface area contributed by atoms with Crippen LogP contribution in [-0.4, -0.2) is 19.6 Å². The maximum atomic E-state index is 5.86. The third-order valence-electron chi connectivity index (χ3n) is 2.41. The summed E-state index contributed by atoms with van der Waals surface area (Å²) in [5.74, 6) is 0.945. The number of nitrogens with two attached hydrogens (primary N) is 1. The second kappa shape index (κ2) is 6.28. The summed E-state index contributed by atoms with van der Waals surface area (Å²) in [6.45, 7) is 4.78. The Hall–Kier alpha value is -1.35. The van der Waals surface area contributed by atoms with Crippen LogP contribution in [0.1, 0.15) is 19.4 Å². The van der Waals surface area contributed by atoms with E-state index in [0.717, 1.165) is 12.1 Å². The molecule has 0 aromatic heterocycles. The van der Waals surface area contributed by atoms with Crippen molar-refractivity contribution < 1.29 is 4.74 Å². The highest BCUT2D eigenvalue weighted by atomic mass is 16.5. The van der Waals surface area contributed by atoms with Crippen LogP contribution in [0, 0.1) is 5.92 Å². The first-order valence-corrected chi connectivity index (χ1v) is 5.56. The zero-order valence-electron chi connectivity index (χ0n) is 10.2. The fraction of sp³-hybridized carbons (Fsp3) is 0.462. The molecule has 2 N–H and O–H groups in total. The van der Waals surface area contributed by atoms with Crippen LogP contribution < -0.4 is 5.73 Å². The van der Waals surface area contributed by atoms with Crippen LogP contribution >= 0.6 is 0 Å². The fourth-order valence-corrected chi connectivity index (χ4v) is 1.31. The van der Waals surface area contributed by atoms with Crippen LogP contribution in [-0.2, 0) is 11.2 Å². The third kappa shape index (κ3) is 3.66. The van der Waals surface area contributed by atoms with Crippen molar-refractivity contribution in [2.24, 2.45) is 16.6 Å². The first-order valence-electron chi connectivity index (χ1n) is 5.56.